The number of Topliss-reactive ketones (excluding diaryl/α,β-unsaturated/α-hetero) is 1. The summed E-state index contributed by atoms with van der Waals surface area (Å²) in [5.41, 5.74) is 1.76. The first-order valence-corrected chi connectivity index (χ1v) is 10.00. The zero-order valence-electron chi connectivity index (χ0n) is 18.0. The monoisotopic (exact) mass is 423 g/mol. The molecule has 2 aromatic carbocycles. The minimum absolute atomic E-state index is 0.00277. The van der Waals surface area contributed by atoms with Crippen LogP contribution in [0.5, 0.6) is 11.5 Å². The summed E-state index contributed by atoms with van der Waals surface area (Å²) in [7, 11) is 1.55. The van der Waals surface area contributed by atoms with Gasteiger partial charge in [0.2, 0.25) is 0 Å². The van der Waals surface area contributed by atoms with Crippen LogP contribution in [0.4, 0.5) is 0 Å². The largest absolute Gasteiger partial charge is 0.507 e. The SMILES string of the molecule is CCCN1C(=O)C(=O)/C(=C(/O)c2ccc(OC)c(C)c2)C1c1cccc(OC(C)=O)c1. The molecule has 1 unspecified atom stereocenters. The third kappa shape index (κ3) is 4.30. The quantitative estimate of drug-likeness (QED) is 0.250. The van der Waals surface area contributed by atoms with Crippen LogP contribution < -0.4 is 9.47 Å². The van der Waals surface area contributed by atoms with E-state index in [1.165, 1.54) is 11.8 Å². The van der Waals surface area contributed by atoms with Crippen LogP contribution in [0.1, 0.15) is 43.0 Å². The number of benzene rings is 2. The van der Waals surface area contributed by atoms with Gasteiger partial charge in [-0.1, -0.05) is 19.1 Å². The smallest absolute Gasteiger partial charge is 0.308 e. The van der Waals surface area contributed by atoms with Crippen molar-refractivity contribution in [1.82, 2.24) is 4.90 Å². The highest BCUT2D eigenvalue weighted by molar-refractivity contribution is 6.46. The number of carbonyl (C=O) groups excluding carboxylic acids is 3. The second-order valence-electron chi connectivity index (χ2n) is 7.34. The van der Waals surface area contributed by atoms with E-state index in [2.05, 4.69) is 0 Å². The number of rotatable bonds is 6. The van der Waals surface area contributed by atoms with Gasteiger partial charge >= 0.3 is 5.97 Å². The van der Waals surface area contributed by atoms with Gasteiger partial charge in [-0.25, -0.2) is 0 Å². The van der Waals surface area contributed by atoms with Crippen molar-refractivity contribution >= 4 is 23.4 Å². The number of amides is 1. The molecule has 1 amide bonds. The maximum Gasteiger partial charge on any atom is 0.308 e. The van der Waals surface area contributed by atoms with Gasteiger partial charge in [-0.15, -0.1) is 0 Å². The van der Waals surface area contributed by atoms with E-state index in [1.807, 2.05) is 13.8 Å². The summed E-state index contributed by atoms with van der Waals surface area (Å²) in [6.45, 7) is 5.36. The molecule has 0 aromatic heterocycles. The van der Waals surface area contributed by atoms with Crippen LogP contribution in [0.2, 0.25) is 0 Å². The van der Waals surface area contributed by atoms with Crippen LogP contribution in [0, 0.1) is 6.92 Å². The highest BCUT2D eigenvalue weighted by Gasteiger charge is 2.45. The molecule has 2 aromatic rings. The molecule has 7 nitrogen and oxygen atoms in total. The Morgan fingerprint density at radius 3 is 2.52 bits per heavy atom. The van der Waals surface area contributed by atoms with Crippen molar-refractivity contribution in [1.29, 1.82) is 0 Å². The van der Waals surface area contributed by atoms with E-state index < -0.39 is 23.7 Å². The lowest BCUT2D eigenvalue weighted by Crippen LogP contribution is -2.30. The zero-order valence-corrected chi connectivity index (χ0v) is 18.0. The van der Waals surface area contributed by atoms with Gasteiger partial charge in [0.1, 0.15) is 17.3 Å². The van der Waals surface area contributed by atoms with Crippen molar-refractivity contribution in [3.05, 3.63) is 64.7 Å². The molecule has 1 aliphatic rings. The average molecular weight is 423 g/mol. The van der Waals surface area contributed by atoms with Crippen LogP contribution in [-0.4, -0.2) is 41.3 Å². The molecule has 1 fully saturated rings. The second-order valence-corrected chi connectivity index (χ2v) is 7.34. The maximum atomic E-state index is 12.9. The topological polar surface area (TPSA) is 93.1 Å². The number of nitrogens with zero attached hydrogens (tertiary/aromatic N) is 1. The average Bonchev–Trinajstić information content (AvgIpc) is 2.98. The molecule has 3 rings (SSSR count). The molecule has 1 aliphatic heterocycles. The molecule has 31 heavy (non-hydrogen) atoms. The fourth-order valence-electron chi connectivity index (χ4n) is 3.79. The molecule has 0 spiro atoms. The Bertz CT molecular complexity index is 1070. The first-order valence-electron chi connectivity index (χ1n) is 10.00. The lowest BCUT2D eigenvalue weighted by atomic mass is 9.94. The number of ketones is 1. The number of esters is 1. The molecule has 0 radical (unpaired) electrons. The normalized spacial score (nSPS) is 17.7. The zero-order chi connectivity index (χ0) is 22.7. The van der Waals surface area contributed by atoms with Gasteiger partial charge in [0.25, 0.3) is 11.7 Å². The summed E-state index contributed by atoms with van der Waals surface area (Å²) >= 11 is 0. The molecule has 7 heteroatoms. The molecule has 1 heterocycles. The van der Waals surface area contributed by atoms with E-state index in [9.17, 15) is 19.5 Å². The van der Waals surface area contributed by atoms with E-state index in [0.717, 1.165) is 5.56 Å². The van der Waals surface area contributed by atoms with Crippen LogP contribution in [-0.2, 0) is 14.4 Å². The highest BCUT2D eigenvalue weighted by Crippen LogP contribution is 2.40. The van der Waals surface area contributed by atoms with Gasteiger partial charge in [0.05, 0.1) is 18.7 Å². The third-order valence-corrected chi connectivity index (χ3v) is 5.11. The summed E-state index contributed by atoms with van der Waals surface area (Å²) < 4.78 is 10.4. The van der Waals surface area contributed by atoms with Crippen LogP contribution >= 0.6 is 0 Å². The van der Waals surface area contributed by atoms with Crippen LogP contribution in [0.15, 0.2) is 48.0 Å². The van der Waals surface area contributed by atoms with Crippen molar-refractivity contribution in [3.63, 3.8) is 0 Å². The van der Waals surface area contributed by atoms with Gasteiger partial charge in [-0.3, -0.25) is 14.4 Å². The van der Waals surface area contributed by atoms with Crippen molar-refractivity contribution in [2.75, 3.05) is 13.7 Å². The standard InChI is InChI=1S/C24H25NO6/c1-5-11-25-21(16-7-6-8-18(13-16)31-15(3)26)20(23(28)24(25)29)22(27)17-9-10-19(30-4)14(2)12-17/h6-10,12-13,21,27H,5,11H2,1-4H3/b22-20+. The number of hydrogen-bond acceptors (Lipinski definition) is 6. The van der Waals surface area contributed by atoms with E-state index in [4.69, 9.17) is 9.47 Å². The number of aryl methyl sites for hydroxylation is 1. The molecule has 0 saturated carbocycles. The Morgan fingerprint density at radius 1 is 1.16 bits per heavy atom. The van der Waals surface area contributed by atoms with E-state index in [0.29, 0.717) is 35.6 Å². The van der Waals surface area contributed by atoms with Gasteiger partial charge in [-0.2, -0.15) is 0 Å². The number of aliphatic hydroxyl groups excluding tert-OH is 1. The predicted molar refractivity (Wildman–Crippen MR) is 115 cm³/mol. The van der Waals surface area contributed by atoms with E-state index >= 15 is 0 Å². The molecule has 0 aliphatic carbocycles. The van der Waals surface area contributed by atoms with Gasteiger partial charge in [-0.05, 0) is 54.8 Å². The molecule has 1 N–H and O–H groups in total. The number of carbonyl (C=O) groups is 3. The second kappa shape index (κ2) is 9.04. The Balaban J connectivity index is 2.17. The molecule has 1 saturated heterocycles. The molecular weight excluding hydrogens is 398 g/mol. The van der Waals surface area contributed by atoms with Crippen molar-refractivity contribution in [2.24, 2.45) is 0 Å². The summed E-state index contributed by atoms with van der Waals surface area (Å²) in [4.78, 5) is 38.5. The van der Waals surface area contributed by atoms with Gasteiger partial charge < -0.3 is 19.5 Å². The minimum atomic E-state index is -0.794. The lowest BCUT2D eigenvalue weighted by molar-refractivity contribution is -0.139. The number of aliphatic hydroxyl groups is 1. The first kappa shape index (κ1) is 22.1. The van der Waals surface area contributed by atoms with Crippen molar-refractivity contribution in [2.45, 2.75) is 33.2 Å². The number of hydrogen-bond donors (Lipinski definition) is 1. The van der Waals surface area contributed by atoms with Crippen molar-refractivity contribution in [3.8, 4) is 11.5 Å². The summed E-state index contributed by atoms with van der Waals surface area (Å²) in [6, 6.07) is 10.9. The molecule has 1 atom stereocenters. The van der Waals surface area contributed by atoms with Crippen LogP contribution in [0.25, 0.3) is 5.76 Å². The fourth-order valence-corrected chi connectivity index (χ4v) is 3.79. The predicted octanol–water partition coefficient (Wildman–Crippen LogP) is 3.76. The number of ether oxygens (including phenoxy) is 2. The molecule has 162 valence electrons. The molecular formula is C24H25NO6. The number of methoxy groups -OCH3 is 1. The third-order valence-electron chi connectivity index (χ3n) is 5.11. The summed E-state index contributed by atoms with van der Waals surface area (Å²) in [6.07, 6.45) is 0.634. The lowest BCUT2D eigenvalue weighted by Gasteiger charge is -2.25. The van der Waals surface area contributed by atoms with Gasteiger partial charge in [0.15, 0.2) is 0 Å². The molecule has 0 bridgehead atoms. The summed E-state index contributed by atoms with van der Waals surface area (Å²) in [5, 5.41) is 11.1. The minimum Gasteiger partial charge on any atom is -0.507 e. The Labute approximate surface area is 180 Å². The summed E-state index contributed by atoms with van der Waals surface area (Å²) in [5.74, 6) is -1.21. The first-order chi connectivity index (χ1) is 14.8. The fraction of sp³-hybridized carbons (Fsp3) is 0.292. The van der Waals surface area contributed by atoms with E-state index in [-0.39, 0.29) is 11.3 Å². The Hall–Kier alpha value is -3.61. The van der Waals surface area contributed by atoms with Crippen molar-refractivity contribution < 1.29 is 29.0 Å². The highest BCUT2D eigenvalue weighted by atomic mass is 16.5. The van der Waals surface area contributed by atoms with E-state index in [1.54, 1.807) is 49.6 Å². The maximum absolute atomic E-state index is 12.9. The van der Waals surface area contributed by atoms with Gasteiger partial charge in [0, 0.05) is 19.0 Å². The Kier molecular flexibility index (Phi) is 6.44. The number of likely N-dealkylation sites (tertiary alicyclic amines) is 1. The van der Waals surface area contributed by atoms with Crippen LogP contribution in [0.3, 0.4) is 0 Å². The Morgan fingerprint density at radius 2 is 1.90 bits per heavy atom.